The van der Waals surface area contributed by atoms with Gasteiger partial charge in [-0.2, -0.15) is 0 Å². The Balaban J connectivity index is 2.78. The molecule has 102 valence electrons. The Morgan fingerprint density at radius 2 is 2.00 bits per heavy atom. The highest BCUT2D eigenvalue weighted by atomic mass is 16.5. The Morgan fingerprint density at radius 1 is 1.39 bits per heavy atom. The minimum Gasteiger partial charge on any atom is -0.481 e. The molecule has 0 spiro atoms. The van der Waals surface area contributed by atoms with Gasteiger partial charge in [0.2, 0.25) is 0 Å². The monoisotopic (exact) mass is 254 g/mol. The number of aromatic nitrogens is 1. The molecular formula is C13H22N2O3. The van der Waals surface area contributed by atoms with Crippen LogP contribution in [0.5, 0.6) is 0 Å². The first-order chi connectivity index (χ1) is 8.32. The highest BCUT2D eigenvalue weighted by Crippen LogP contribution is 2.17. The van der Waals surface area contributed by atoms with Crippen LogP contribution in [0.2, 0.25) is 0 Å². The second-order valence-electron chi connectivity index (χ2n) is 5.07. The number of nitrogens with zero attached hydrogens (tertiary/aromatic N) is 2. The van der Waals surface area contributed by atoms with E-state index in [9.17, 15) is 4.79 Å². The van der Waals surface area contributed by atoms with Crippen LogP contribution in [-0.4, -0.2) is 33.7 Å². The molecule has 5 heteroatoms. The molecule has 0 amide bonds. The van der Waals surface area contributed by atoms with Crippen molar-refractivity contribution in [3.05, 3.63) is 17.0 Å². The summed E-state index contributed by atoms with van der Waals surface area (Å²) in [5.74, 6) is -0.339. The van der Waals surface area contributed by atoms with Gasteiger partial charge in [0.15, 0.2) is 0 Å². The molecule has 1 N–H and O–H groups in total. The molecule has 0 fully saturated rings. The molecule has 0 aliphatic heterocycles. The second kappa shape index (κ2) is 6.00. The van der Waals surface area contributed by atoms with Gasteiger partial charge in [0.05, 0.1) is 11.6 Å². The summed E-state index contributed by atoms with van der Waals surface area (Å²) in [6, 6.07) is 0.278. The fraction of sp³-hybridized carbons (Fsp3) is 0.692. The molecule has 1 rings (SSSR count). The van der Waals surface area contributed by atoms with Gasteiger partial charge < -0.3 is 9.63 Å². The first kappa shape index (κ1) is 14.7. The van der Waals surface area contributed by atoms with Gasteiger partial charge in [-0.1, -0.05) is 12.1 Å². The maximum Gasteiger partial charge on any atom is 0.307 e. The van der Waals surface area contributed by atoms with Crippen molar-refractivity contribution in [3.63, 3.8) is 0 Å². The topological polar surface area (TPSA) is 66.6 Å². The van der Waals surface area contributed by atoms with E-state index in [4.69, 9.17) is 9.63 Å². The molecule has 0 aliphatic rings. The van der Waals surface area contributed by atoms with E-state index in [0.717, 1.165) is 17.0 Å². The fourth-order valence-electron chi connectivity index (χ4n) is 1.82. The standard InChI is InChI=1S/C13H22N2O3/c1-8(2)15(6-9(3)13(16)17)7-12-10(4)14-18-11(12)5/h8-9H,6-7H2,1-5H3,(H,16,17). The molecule has 0 bridgehead atoms. The molecule has 5 nitrogen and oxygen atoms in total. The van der Waals surface area contributed by atoms with Gasteiger partial charge >= 0.3 is 5.97 Å². The number of rotatable bonds is 6. The number of carbonyl (C=O) groups is 1. The van der Waals surface area contributed by atoms with Crippen LogP contribution < -0.4 is 0 Å². The zero-order valence-corrected chi connectivity index (χ0v) is 11.7. The average molecular weight is 254 g/mol. The highest BCUT2D eigenvalue weighted by molar-refractivity contribution is 5.69. The molecule has 18 heavy (non-hydrogen) atoms. The minimum atomic E-state index is -0.764. The molecule has 1 heterocycles. The van der Waals surface area contributed by atoms with Gasteiger partial charge in [0, 0.05) is 24.7 Å². The molecule has 1 aromatic rings. The SMILES string of the molecule is Cc1noc(C)c1CN(CC(C)C(=O)O)C(C)C. The molecule has 0 saturated heterocycles. The number of aliphatic carboxylic acids is 1. The van der Waals surface area contributed by atoms with Crippen LogP contribution in [-0.2, 0) is 11.3 Å². The van der Waals surface area contributed by atoms with Crippen LogP contribution in [0, 0.1) is 19.8 Å². The minimum absolute atomic E-state index is 0.278. The van der Waals surface area contributed by atoms with Gasteiger partial charge in [-0.3, -0.25) is 9.69 Å². The lowest BCUT2D eigenvalue weighted by molar-refractivity contribution is -0.141. The van der Waals surface area contributed by atoms with Crippen molar-refractivity contribution in [3.8, 4) is 0 Å². The Kier molecular flexibility index (Phi) is 4.90. The van der Waals surface area contributed by atoms with Crippen molar-refractivity contribution in [2.45, 2.75) is 47.2 Å². The lowest BCUT2D eigenvalue weighted by atomic mass is 10.1. The van der Waals surface area contributed by atoms with Crippen molar-refractivity contribution in [1.82, 2.24) is 10.1 Å². The van der Waals surface area contributed by atoms with Crippen LogP contribution >= 0.6 is 0 Å². The number of hydrogen-bond donors (Lipinski definition) is 1. The van der Waals surface area contributed by atoms with Gasteiger partial charge in [-0.15, -0.1) is 0 Å². The Bertz CT molecular complexity index is 393. The normalized spacial score (nSPS) is 13.3. The number of carboxylic acids is 1. The molecule has 0 aliphatic carbocycles. The summed E-state index contributed by atoms with van der Waals surface area (Å²) in [6.07, 6.45) is 0. The number of aryl methyl sites for hydroxylation is 2. The quantitative estimate of drug-likeness (QED) is 0.843. The third-order valence-corrected chi connectivity index (χ3v) is 3.20. The fourth-order valence-corrected chi connectivity index (χ4v) is 1.82. The van der Waals surface area contributed by atoms with Gasteiger partial charge in [0.1, 0.15) is 5.76 Å². The molecule has 1 unspecified atom stereocenters. The largest absolute Gasteiger partial charge is 0.481 e. The third kappa shape index (κ3) is 3.57. The Morgan fingerprint density at radius 3 is 2.39 bits per heavy atom. The summed E-state index contributed by atoms with van der Waals surface area (Å²) in [5.41, 5.74) is 1.93. The van der Waals surface area contributed by atoms with E-state index in [2.05, 4.69) is 23.9 Å². The van der Waals surface area contributed by atoms with E-state index in [1.54, 1.807) is 6.92 Å². The summed E-state index contributed by atoms with van der Waals surface area (Å²) >= 11 is 0. The summed E-state index contributed by atoms with van der Waals surface area (Å²) in [7, 11) is 0. The first-order valence-electron chi connectivity index (χ1n) is 6.21. The van der Waals surface area contributed by atoms with E-state index in [0.29, 0.717) is 13.1 Å². The number of hydrogen-bond acceptors (Lipinski definition) is 4. The van der Waals surface area contributed by atoms with Crippen molar-refractivity contribution < 1.29 is 14.4 Å². The van der Waals surface area contributed by atoms with Crippen molar-refractivity contribution in [1.29, 1.82) is 0 Å². The summed E-state index contributed by atoms with van der Waals surface area (Å²) in [5, 5.41) is 12.9. The second-order valence-corrected chi connectivity index (χ2v) is 5.07. The third-order valence-electron chi connectivity index (χ3n) is 3.20. The van der Waals surface area contributed by atoms with E-state index >= 15 is 0 Å². The van der Waals surface area contributed by atoms with E-state index < -0.39 is 5.97 Å². The summed E-state index contributed by atoms with van der Waals surface area (Å²) < 4.78 is 5.14. The molecule has 0 aromatic carbocycles. The van der Waals surface area contributed by atoms with Crippen LogP contribution in [0.25, 0.3) is 0 Å². The number of carboxylic acid groups (broad SMARTS) is 1. The zero-order chi connectivity index (χ0) is 13.9. The van der Waals surface area contributed by atoms with Crippen LogP contribution in [0.3, 0.4) is 0 Å². The van der Waals surface area contributed by atoms with Gasteiger partial charge in [-0.05, 0) is 27.7 Å². The molecular weight excluding hydrogens is 232 g/mol. The van der Waals surface area contributed by atoms with E-state index in [1.165, 1.54) is 0 Å². The first-order valence-corrected chi connectivity index (χ1v) is 6.21. The average Bonchev–Trinajstić information content (AvgIpc) is 2.58. The molecule has 0 radical (unpaired) electrons. The maximum atomic E-state index is 10.9. The lowest BCUT2D eigenvalue weighted by Gasteiger charge is -2.27. The van der Waals surface area contributed by atoms with Gasteiger partial charge in [-0.25, -0.2) is 0 Å². The Hall–Kier alpha value is -1.36. The maximum absolute atomic E-state index is 10.9. The van der Waals surface area contributed by atoms with Crippen LogP contribution in [0.4, 0.5) is 0 Å². The van der Waals surface area contributed by atoms with Gasteiger partial charge in [0.25, 0.3) is 0 Å². The predicted octanol–water partition coefficient (Wildman–Crippen LogP) is 2.22. The lowest BCUT2D eigenvalue weighted by Crippen LogP contribution is -2.36. The van der Waals surface area contributed by atoms with Crippen molar-refractivity contribution in [2.24, 2.45) is 5.92 Å². The Labute approximate surface area is 108 Å². The highest BCUT2D eigenvalue weighted by Gasteiger charge is 2.21. The van der Waals surface area contributed by atoms with Crippen LogP contribution in [0.15, 0.2) is 4.52 Å². The van der Waals surface area contributed by atoms with Crippen LogP contribution in [0.1, 0.15) is 37.8 Å². The summed E-state index contributed by atoms with van der Waals surface area (Å²) in [4.78, 5) is 13.1. The van der Waals surface area contributed by atoms with E-state index in [-0.39, 0.29) is 12.0 Å². The smallest absolute Gasteiger partial charge is 0.307 e. The molecule has 1 aromatic heterocycles. The molecule has 1 atom stereocenters. The zero-order valence-electron chi connectivity index (χ0n) is 11.7. The van der Waals surface area contributed by atoms with Crippen molar-refractivity contribution in [2.75, 3.05) is 6.54 Å². The van der Waals surface area contributed by atoms with E-state index in [1.807, 2.05) is 13.8 Å². The summed E-state index contributed by atoms with van der Waals surface area (Å²) in [6.45, 7) is 10.8. The van der Waals surface area contributed by atoms with Crippen molar-refractivity contribution >= 4 is 5.97 Å². The molecule has 0 saturated carbocycles. The predicted molar refractivity (Wildman–Crippen MR) is 68.3 cm³/mol.